The normalized spacial score (nSPS) is 17.2. The molecule has 0 saturated carbocycles. The highest BCUT2D eigenvalue weighted by Crippen LogP contribution is 2.23. The molecule has 1 aliphatic rings. The first-order valence-electron chi connectivity index (χ1n) is 9.09. The number of likely N-dealkylation sites (tertiary alicyclic amines) is 1. The fourth-order valence-electron chi connectivity index (χ4n) is 3.28. The molecule has 26 heavy (non-hydrogen) atoms. The van der Waals surface area contributed by atoms with Crippen molar-refractivity contribution in [2.75, 3.05) is 26.8 Å². The Morgan fingerprint density at radius 2 is 2.23 bits per heavy atom. The van der Waals surface area contributed by atoms with Gasteiger partial charge in [0.05, 0.1) is 24.9 Å². The predicted molar refractivity (Wildman–Crippen MR) is 103 cm³/mol. The summed E-state index contributed by atoms with van der Waals surface area (Å²) in [5.41, 5.74) is 2.90. The Hall–Kier alpha value is -2.08. The number of aryl methyl sites for hydroxylation is 2. The molecule has 1 aromatic carbocycles. The van der Waals surface area contributed by atoms with E-state index in [0.717, 1.165) is 49.5 Å². The van der Waals surface area contributed by atoms with E-state index in [0.29, 0.717) is 18.9 Å². The average Bonchev–Trinajstić information content (AvgIpc) is 3.09. The molecule has 1 atom stereocenters. The van der Waals surface area contributed by atoms with Gasteiger partial charge in [-0.25, -0.2) is 4.98 Å². The Bertz CT molecular complexity index is 731. The van der Waals surface area contributed by atoms with Crippen molar-refractivity contribution in [2.24, 2.45) is 5.92 Å². The van der Waals surface area contributed by atoms with Gasteiger partial charge in [-0.2, -0.15) is 0 Å². The number of hydrogen-bond acceptors (Lipinski definition) is 5. The van der Waals surface area contributed by atoms with Gasteiger partial charge < -0.3 is 14.4 Å². The van der Waals surface area contributed by atoms with Crippen LogP contribution in [0.25, 0.3) is 0 Å². The van der Waals surface area contributed by atoms with Crippen molar-refractivity contribution in [2.45, 2.75) is 32.6 Å². The van der Waals surface area contributed by atoms with E-state index in [1.165, 1.54) is 4.88 Å². The molecule has 2 aromatic rings. The van der Waals surface area contributed by atoms with E-state index in [2.05, 4.69) is 4.98 Å². The minimum atomic E-state index is 0.240. The Balaban J connectivity index is 1.47. The second-order valence-electron chi connectivity index (χ2n) is 6.70. The Labute approximate surface area is 159 Å². The molecule has 1 aliphatic heterocycles. The van der Waals surface area contributed by atoms with E-state index in [1.807, 2.05) is 41.6 Å². The molecule has 1 saturated heterocycles. The van der Waals surface area contributed by atoms with Crippen LogP contribution in [0.4, 0.5) is 0 Å². The van der Waals surface area contributed by atoms with Crippen LogP contribution >= 0.6 is 11.3 Å². The second-order valence-corrected chi connectivity index (χ2v) is 7.64. The number of thiazole rings is 1. The van der Waals surface area contributed by atoms with Gasteiger partial charge >= 0.3 is 0 Å². The van der Waals surface area contributed by atoms with E-state index in [4.69, 9.17) is 9.47 Å². The number of rotatable bonds is 7. The molecule has 1 unspecified atom stereocenters. The summed E-state index contributed by atoms with van der Waals surface area (Å²) >= 11 is 1.64. The van der Waals surface area contributed by atoms with Gasteiger partial charge in [0, 0.05) is 36.4 Å². The number of amides is 1. The van der Waals surface area contributed by atoms with E-state index in [-0.39, 0.29) is 5.91 Å². The predicted octanol–water partition coefficient (Wildman–Crippen LogP) is 3.71. The summed E-state index contributed by atoms with van der Waals surface area (Å²) < 4.78 is 11.2. The quantitative estimate of drug-likeness (QED) is 0.741. The highest BCUT2D eigenvalue weighted by atomic mass is 32.1. The molecule has 140 valence electrons. The third-order valence-electron chi connectivity index (χ3n) is 4.81. The fraction of sp³-hybridized carbons (Fsp3) is 0.500. The van der Waals surface area contributed by atoms with Crippen LogP contribution in [-0.4, -0.2) is 42.6 Å². The lowest BCUT2D eigenvalue weighted by Crippen LogP contribution is -2.41. The number of benzene rings is 1. The summed E-state index contributed by atoms with van der Waals surface area (Å²) in [4.78, 5) is 20.0. The summed E-state index contributed by atoms with van der Waals surface area (Å²) in [5, 5.41) is 0. The smallest absolute Gasteiger partial charge is 0.222 e. The summed E-state index contributed by atoms with van der Waals surface area (Å²) in [7, 11) is 1.65. The molecular formula is C20H26N2O3S. The number of ether oxygens (including phenoxy) is 2. The number of methoxy groups -OCH3 is 1. The molecule has 0 aliphatic carbocycles. The zero-order chi connectivity index (χ0) is 18.4. The number of aromatic nitrogens is 1. The Morgan fingerprint density at radius 3 is 3.00 bits per heavy atom. The number of carbonyl (C=O) groups excluding carboxylic acids is 1. The number of carbonyl (C=O) groups is 1. The van der Waals surface area contributed by atoms with Crippen molar-refractivity contribution in [3.63, 3.8) is 0 Å². The third kappa shape index (κ3) is 4.97. The van der Waals surface area contributed by atoms with Gasteiger partial charge in [-0.1, -0.05) is 6.07 Å². The van der Waals surface area contributed by atoms with E-state index >= 15 is 0 Å². The summed E-state index contributed by atoms with van der Waals surface area (Å²) in [6.45, 7) is 4.27. The van der Waals surface area contributed by atoms with Crippen molar-refractivity contribution >= 4 is 17.2 Å². The molecule has 5 nitrogen and oxygen atoms in total. The Morgan fingerprint density at radius 1 is 1.38 bits per heavy atom. The number of nitrogens with zero attached hydrogens (tertiary/aromatic N) is 2. The first-order chi connectivity index (χ1) is 12.7. The summed E-state index contributed by atoms with van der Waals surface area (Å²) in [5.74, 6) is 2.22. The zero-order valence-corrected chi connectivity index (χ0v) is 16.3. The topological polar surface area (TPSA) is 51.7 Å². The molecule has 0 spiro atoms. The van der Waals surface area contributed by atoms with Crippen LogP contribution in [-0.2, 0) is 11.2 Å². The highest BCUT2D eigenvalue weighted by Gasteiger charge is 2.24. The first-order valence-corrected chi connectivity index (χ1v) is 9.97. The molecule has 6 heteroatoms. The standard InChI is InChI=1S/C20H26N2O3S/c1-15-19(26-14-21-15)8-9-20(23)22-10-4-5-16(12-22)13-25-18-7-3-6-17(11-18)24-2/h3,6-7,11,14,16H,4-5,8-10,12-13H2,1-2H3. The maximum atomic E-state index is 12.6. The van der Waals surface area contributed by atoms with Crippen LogP contribution < -0.4 is 9.47 Å². The largest absolute Gasteiger partial charge is 0.497 e. The van der Waals surface area contributed by atoms with Gasteiger partial charge in [0.1, 0.15) is 11.5 Å². The molecule has 0 radical (unpaired) electrons. The maximum Gasteiger partial charge on any atom is 0.222 e. The number of hydrogen-bond donors (Lipinski definition) is 0. The molecule has 2 heterocycles. The van der Waals surface area contributed by atoms with Crippen LogP contribution in [0.2, 0.25) is 0 Å². The second kappa shape index (κ2) is 9.03. The lowest BCUT2D eigenvalue weighted by atomic mass is 9.98. The minimum absolute atomic E-state index is 0.240. The molecule has 1 amide bonds. The summed E-state index contributed by atoms with van der Waals surface area (Å²) in [6, 6.07) is 7.65. The summed E-state index contributed by atoms with van der Waals surface area (Å²) in [6.07, 6.45) is 3.49. The van der Waals surface area contributed by atoms with Gasteiger partial charge in [-0.05, 0) is 38.3 Å². The minimum Gasteiger partial charge on any atom is -0.497 e. The monoisotopic (exact) mass is 374 g/mol. The van der Waals surface area contributed by atoms with E-state index in [9.17, 15) is 4.79 Å². The van der Waals surface area contributed by atoms with Crippen LogP contribution in [0, 0.1) is 12.8 Å². The van der Waals surface area contributed by atoms with E-state index < -0.39 is 0 Å². The van der Waals surface area contributed by atoms with Crippen molar-refractivity contribution in [1.29, 1.82) is 0 Å². The molecule has 0 bridgehead atoms. The first kappa shape index (κ1) is 18.7. The van der Waals surface area contributed by atoms with Gasteiger partial charge in [0.15, 0.2) is 0 Å². The van der Waals surface area contributed by atoms with Gasteiger partial charge in [0.25, 0.3) is 0 Å². The molecule has 0 N–H and O–H groups in total. The maximum absolute atomic E-state index is 12.6. The average molecular weight is 375 g/mol. The van der Waals surface area contributed by atoms with E-state index in [1.54, 1.807) is 18.4 Å². The van der Waals surface area contributed by atoms with Crippen LogP contribution in [0.15, 0.2) is 29.8 Å². The van der Waals surface area contributed by atoms with Crippen LogP contribution in [0.5, 0.6) is 11.5 Å². The Kier molecular flexibility index (Phi) is 6.50. The number of piperidine rings is 1. The molecule has 1 aromatic heterocycles. The van der Waals surface area contributed by atoms with Crippen LogP contribution in [0.1, 0.15) is 29.8 Å². The van der Waals surface area contributed by atoms with Crippen molar-refractivity contribution < 1.29 is 14.3 Å². The van der Waals surface area contributed by atoms with Gasteiger partial charge in [0.2, 0.25) is 5.91 Å². The highest BCUT2D eigenvalue weighted by molar-refractivity contribution is 7.09. The van der Waals surface area contributed by atoms with Crippen LogP contribution in [0.3, 0.4) is 0 Å². The molecule has 3 rings (SSSR count). The fourth-order valence-corrected chi connectivity index (χ4v) is 4.06. The van der Waals surface area contributed by atoms with Gasteiger partial charge in [-0.3, -0.25) is 4.79 Å². The van der Waals surface area contributed by atoms with Gasteiger partial charge in [-0.15, -0.1) is 11.3 Å². The SMILES string of the molecule is COc1cccc(OCC2CCCN(C(=O)CCc3scnc3C)C2)c1. The molecular weight excluding hydrogens is 348 g/mol. The molecule has 1 fully saturated rings. The zero-order valence-electron chi connectivity index (χ0n) is 15.4. The van der Waals surface area contributed by atoms with Crippen molar-refractivity contribution in [1.82, 2.24) is 9.88 Å². The third-order valence-corrected chi connectivity index (χ3v) is 5.80. The van der Waals surface area contributed by atoms with Crippen molar-refractivity contribution in [3.8, 4) is 11.5 Å². The lowest BCUT2D eigenvalue weighted by molar-refractivity contribution is -0.133. The van der Waals surface area contributed by atoms with Crippen molar-refractivity contribution in [3.05, 3.63) is 40.3 Å². The lowest BCUT2D eigenvalue weighted by Gasteiger charge is -2.32.